The van der Waals surface area contributed by atoms with Gasteiger partial charge in [-0.05, 0) is 59.1 Å². The molecule has 0 spiro atoms. The average molecular weight is 694 g/mol. The molecule has 1 fully saturated rings. The highest BCUT2D eigenvalue weighted by molar-refractivity contribution is 6.02. The van der Waals surface area contributed by atoms with E-state index in [-0.39, 0.29) is 34.0 Å². The van der Waals surface area contributed by atoms with Gasteiger partial charge >= 0.3 is 12.1 Å². The van der Waals surface area contributed by atoms with Gasteiger partial charge in [-0.1, -0.05) is 54.6 Å². The van der Waals surface area contributed by atoms with Gasteiger partial charge in [0.05, 0.1) is 22.7 Å². The predicted octanol–water partition coefficient (Wildman–Crippen LogP) is 6.47. The number of carboxylic acid groups (broad SMARTS) is 1. The van der Waals surface area contributed by atoms with Gasteiger partial charge < -0.3 is 19.7 Å². The lowest BCUT2D eigenvalue weighted by Gasteiger charge is -2.21. The minimum atomic E-state index is -4.90. The maximum atomic E-state index is 15.3. The van der Waals surface area contributed by atoms with Crippen molar-refractivity contribution in [3.63, 3.8) is 0 Å². The molecule has 5 aromatic rings. The van der Waals surface area contributed by atoms with E-state index in [0.717, 1.165) is 16.7 Å². The summed E-state index contributed by atoms with van der Waals surface area (Å²) >= 11 is 0. The molecule has 0 radical (unpaired) electrons. The number of likely N-dealkylation sites (tertiary alicyclic amines) is 1. The number of aryl methyl sites for hydroxylation is 1. The van der Waals surface area contributed by atoms with Gasteiger partial charge in [-0.25, -0.2) is 13.6 Å². The van der Waals surface area contributed by atoms with Crippen LogP contribution in [0.2, 0.25) is 0 Å². The second-order valence-corrected chi connectivity index (χ2v) is 12.4. The molecule has 13 heteroatoms. The number of hydrogen-bond acceptors (Lipinski definition) is 5. The van der Waals surface area contributed by atoms with E-state index in [1.54, 1.807) is 20.2 Å². The molecule has 2 heterocycles. The standard InChI is InChI=1S/C37H32F5N3O5/c1-44-18-21(50-3)17-30(44)20-14-26(38)32(27(39)15-20)34(46)43-28(36(48)49)16-19-8-6-11-23-22(19)10-7-12-24(23)31-33(37(40,41)42)25-9-4-5-13-29(25)45(2)35(31)47/h4-15,21,28,30H,16-18H2,1-3H3,(H,43,46)(H,48,49)/t21-,28+,30+/m1/s1. The van der Waals surface area contributed by atoms with Gasteiger partial charge in [0.1, 0.15) is 23.2 Å². The average Bonchev–Trinajstić information content (AvgIpc) is 3.45. The van der Waals surface area contributed by atoms with Gasteiger partial charge in [0.15, 0.2) is 0 Å². The number of alkyl halides is 3. The Balaban J connectivity index is 1.36. The Labute approximate surface area is 282 Å². The number of amides is 1. The molecule has 4 aromatic carbocycles. The molecular formula is C37H32F5N3O5. The van der Waals surface area contributed by atoms with Crippen LogP contribution in [0.5, 0.6) is 0 Å². The molecule has 1 aromatic heterocycles. The number of hydrogen-bond donors (Lipinski definition) is 2. The first-order chi connectivity index (χ1) is 23.7. The number of carbonyl (C=O) groups excluding carboxylic acids is 1. The van der Waals surface area contributed by atoms with Crippen molar-refractivity contribution in [2.75, 3.05) is 20.7 Å². The summed E-state index contributed by atoms with van der Waals surface area (Å²) in [6.07, 6.45) is -4.94. The summed E-state index contributed by atoms with van der Waals surface area (Å²) in [5, 5.41) is 12.6. The first-order valence-corrected chi connectivity index (χ1v) is 15.7. The van der Waals surface area contributed by atoms with Crippen LogP contribution in [0.15, 0.2) is 77.6 Å². The highest BCUT2D eigenvalue weighted by Crippen LogP contribution is 2.42. The molecule has 0 aliphatic carbocycles. The predicted molar refractivity (Wildman–Crippen MR) is 177 cm³/mol. The van der Waals surface area contributed by atoms with Crippen molar-refractivity contribution < 1.29 is 41.4 Å². The number of nitrogens with one attached hydrogen (secondary N) is 1. The summed E-state index contributed by atoms with van der Waals surface area (Å²) in [6, 6.07) is 14.7. The zero-order chi connectivity index (χ0) is 36.1. The summed E-state index contributed by atoms with van der Waals surface area (Å²) in [4.78, 5) is 41.0. The number of pyridine rings is 1. The lowest BCUT2D eigenvalue weighted by Crippen LogP contribution is -2.43. The Morgan fingerprint density at radius 1 is 0.960 bits per heavy atom. The minimum Gasteiger partial charge on any atom is -0.480 e. The van der Waals surface area contributed by atoms with Gasteiger partial charge in [0, 0.05) is 38.6 Å². The van der Waals surface area contributed by atoms with Gasteiger partial charge in [0.25, 0.3) is 11.5 Å². The highest BCUT2D eigenvalue weighted by Gasteiger charge is 2.39. The number of ether oxygens (including phenoxy) is 1. The number of fused-ring (bicyclic) bond motifs is 2. The van der Waals surface area contributed by atoms with Crippen molar-refractivity contribution in [2.45, 2.75) is 37.2 Å². The van der Waals surface area contributed by atoms with E-state index in [9.17, 15) is 32.7 Å². The van der Waals surface area contributed by atoms with Gasteiger partial charge in [-0.3, -0.25) is 14.5 Å². The third-order valence-corrected chi connectivity index (χ3v) is 9.42. The summed E-state index contributed by atoms with van der Waals surface area (Å²) in [6.45, 7) is 0.547. The molecule has 0 unspecified atom stereocenters. The summed E-state index contributed by atoms with van der Waals surface area (Å²) < 4.78 is 81.1. The van der Waals surface area contributed by atoms with Crippen LogP contribution in [0.3, 0.4) is 0 Å². The maximum absolute atomic E-state index is 15.3. The SMILES string of the molecule is CO[C@@H]1C[C@@H](c2cc(F)c(C(=O)N[C@@H](Cc3cccc4c(-c5c(C(F)(F)F)c6ccccc6n(C)c5=O)cccc34)C(=O)O)c(F)c2)N(C)C1. The zero-order valence-corrected chi connectivity index (χ0v) is 27.1. The number of nitrogens with zero attached hydrogens (tertiary/aromatic N) is 2. The van der Waals surface area contributed by atoms with Crippen LogP contribution in [-0.2, 0) is 29.2 Å². The molecule has 50 heavy (non-hydrogen) atoms. The molecule has 8 nitrogen and oxygen atoms in total. The Hall–Kier alpha value is -5.14. The molecule has 1 aliphatic heterocycles. The number of aliphatic carboxylic acids is 1. The molecular weight excluding hydrogens is 661 g/mol. The second kappa shape index (κ2) is 13.3. The van der Waals surface area contributed by atoms with Crippen LogP contribution in [0, 0.1) is 11.6 Å². The van der Waals surface area contributed by atoms with Crippen LogP contribution in [0.25, 0.3) is 32.8 Å². The fourth-order valence-electron chi connectivity index (χ4n) is 6.98. The monoisotopic (exact) mass is 693 g/mol. The van der Waals surface area contributed by atoms with Crippen LogP contribution < -0.4 is 10.9 Å². The van der Waals surface area contributed by atoms with Gasteiger partial charge in [-0.2, -0.15) is 13.2 Å². The topological polar surface area (TPSA) is 101 Å². The van der Waals surface area contributed by atoms with E-state index in [4.69, 9.17) is 4.74 Å². The number of aromatic nitrogens is 1. The number of benzene rings is 4. The lowest BCUT2D eigenvalue weighted by atomic mass is 9.90. The lowest BCUT2D eigenvalue weighted by molar-refractivity contribution is -0.139. The van der Waals surface area contributed by atoms with Gasteiger partial charge in [0.2, 0.25) is 0 Å². The normalized spacial score (nSPS) is 17.4. The molecule has 1 aliphatic rings. The van der Waals surface area contributed by atoms with E-state index in [1.807, 2.05) is 4.90 Å². The Morgan fingerprint density at radius 2 is 1.60 bits per heavy atom. The third kappa shape index (κ3) is 6.22. The number of para-hydroxylation sites is 1. The van der Waals surface area contributed by atoms with E-state index in [1.165, 1.54) is 61.6 Å². The summed E-state index contributed by atoms with van der Waals surface area (Å²) in [5.74, 6) is -5.12. The quantitative estimate of drug-likeness (QED) is 0.181. The number of rotatable bonds is 8. The number of halogens is 5. The van der Waals surface area contributed by atoms with Crippen molar-refractivity contribution in [3.05, 3.63) is 117 Å². The van der Waals surface area contributed by atoms with Crippen molar-refractivity contribution in [3.8, 4) is 11.1 Å². The molecule has 6 rings (SSSR count). The summed E-state index contributed by atoms with van der Waals surface area (Å²) in [5.41, 5.74) is -2.81. The first kappa shape index (κ1) is 34.7. The smallest absolute Gasteiger partial charge is 0.417 e. The fraction of sp³-hybridized carbons (Fsp3) is 0.270. The maximum Gasteiger partial charge on any atom is 0.417 e. The van der Waals surface area contributed by atoms with Crippen molar-refractivity contribution in [1.82, 2.24) is 14.8 Å². The van der Waals surface area contributed by atoms with Crippen LogP contribution in [-0.4, -0.2) is 59.3 Å². The Bertz CT molecular complexity index is 2190. The van der Waals surface area contributed by atoms with Gasteiger partial charge in [-0.15, -0.1) is 0 Å². The van der Waals surface area contributed by atoms with Crippen LogP contribution >= 0.6 is 0 Å². The summed E-state index contributed by atoms with van der Waals surface area (Å²) in [7, 11) is 4.71. The molecule has 3 atom stereocenters. The van der Waals surface area contributed by atoms with Crippen LogP contribution in [0.1, 0.15) is 39.5 Å². The van der Waals surface area contributed by atoms with E-state index >= 15 is 8.78 Å². The number of methoxy groups -OCH3 is 1. The van der Waals surface area contributed by atoms with E-state index in [2.05, 4.69) is 5.32 Å². The van der Waals surface area contributed by atoms with Crippen molar-refractivity contribution in [2.24, 2.45) is 7.05 Å². The van der Waals surface area contributed by atoms with E-state index in [0.29, 0.717) is 29.5 Å². The fourth-order valence-corrected chi connectivity index (χ4v) is 6.98. The number of carboxylic acids is 1. The first-order valence-electron chi connectivity index (χ1n) is 15.7. The largest absolute Gasteiger partial charge is 0.480 e. The van der Waals surface area contributed by atoms with Crippen molar-refractivity contribution in [1.29, 1.82) is 0 Å². The number of likely N-dealkylation sites (N-methyl/N-ethyl adjacent to an activating group) is 1. The molecule has 1 saturated heterocycles. The Kier molecular flexibility index (Phi) is 9.23. The highest BCUT2D eigenvalue weighted by atomic mass is 19.4. The second-order valence-electron chi connectivity index (χ2n) is 12.4. The molecule has 0 saturated carbocycles. The minimum absolute atomic E-state index is 0.0205. The number of carbonyl (C=O) groups is 2. The molecule has 260 valence electrons. The molecule has 1 amide bonds. The van der Waals surface area contributed by atoms with Crippen LogP contribution in [0.4, 0.5) is 22.0 Å². The third-order valence-electron chi connectivity index (χ3n) is 9.42. The molecule has 0 bridgehead atoms. The van der Waals surface area contributed by atoms with Crippen molar-refractivity contribution >= 4 is 33.6 Å². The Morgan fingerprint density at radius 3 is 2.24 bits per heavy atom. The zero-order valence-electron chi connectivity index (χ0n) is 27.1. The molecule has 2 N–H and O–H groups in total. The van der Waals surface area contributed by atoms with E-state index < -0.39 is 64.4 Å².